The number of allylic oxidation sites excluding steroid dienone is 2. The fourth-order valence-electron chi connectivity index (χ4n) is 1.58. The van der Waals surface area contributed by atoms with Gasteiger partial charge < -0.3 is 10.0 Å². The first-order valence-electron chi connectivity index (χ1n) is 5.68. The highest BCUT2D eigenvalue weighted by Crippen LogP contribution is 2.31. The molecule has 0 fully saturated rings. The molecule has 1 rings (SSSR count). The molecule has 0 atom stereocenters. The van der Waals surface area contributed by atoms with Crippen LogP contribution in [0.2, 0.25) is 0 Å². The summed E-state index contributed by atoms with van der Waals surface area (Å²) >= 11 is 0. The normalized spacial score (nSPS) is 12.8. The molecule has 6 heteroatoms. The van der Waals surface area contributed by atoms with Crippen molar-refractivity contribution in [2.45, 2.75) is 6.18 Å². The molecule has 0 aliphatic heterocycles. The Bertz CT molecular complexity index is 546. The van der Waals surface area contributed by atoms with Crippen LogP contribution in [-0.4, -0.2) is 30.1 Å². The standard InChI is InChI=1S/C14H14F3NO2/c1-18(2)12(7-4-8-13(19)20)10-5-3-6-11(9-10)14(15,16)17/h3-9H,1-2H3,(H,19,20). The molecule has 0 aliphatic rings. The van der Waals surface area contributed by atoms with Gasteiger partial charge in [0.15, 0.2) is 0 Å². The van der Waals surface area contributed by atoms with Gasteiger partial charge in [0.2, 0.25) is 0 Å². The number of alkyl halides is 3. The van der Waals surface area contributed by atoms with E-state index in [-0.39, 0.29) is 0 Å². The molecule has 3 nitrogen and oxygen atoms in total. The zero-order valence-corrected chi connectivity index (χ0v) is 11.0. The summed E-state index contributed by atoms with van der Waals surface area (Å²) in [6, 6.07) is 4.87. The zero-order chi connectivity index (χ0) is 15.3. The van der Waals surface area contributed by atoms with E-state index in [2.05, 4.69) is 0 Å². The minimum Gasteiger partial charge on any atom is -0.478 e. The van der Waals surface area contributed by atoms with Crippen LogP contribution in [0.4, 0.5) is 13.2 Å². The molecule has 0 saturated carbocycles. The van der Waals surface area contributed by atoms with Gasteiger partial charge >= 0.3 is 12.1 Å². The molecule has 1 aromatic carbocycles. The van der Waals surface area contributed by atoms with Gasteiger partial charge in [-0.15, -0.1) is 0 Å². The number of hydrogen-bond donors (Lipinski definition) is 1. The topological polar surface area (TPSA) is 40.5 Å². The Morgan fingerprint density at radius 3 is 2.45 bits per heavy atom. The average molecular weight is 285 g/mol. The van der Waals surface area contributed by atoms with Crippen molar-refractivity contribution in [1.82, 2.24) is 4.90 Å². The van der Waals surface area contributed by atoms with Crippen molar-refractivity contribution < 1.29 is 23.1 Å². The Morgan fingerprint density at radius 1 is 1.30 bits per heavy atom. The summed E-state index contributed by atoms with van der Waals surface area (Å²) in [6.45, 7) is 0. The molecule has 0 heterocycles. The summed E-state index contributed by atoms with van der Waals surface area (Å²) in [7, 11) is 3.33. The van der Waals surface area contributed by atoms with Crippen molar-refractivity contribution in [3.05, 3.63) is 53.6 Å². The van der Waals surface area contributed by atoms with Crippen LogP contribution >= 0.6 is 0 Å². The second-order valence-electron chi connectivity index (χ2n) is 4.22. The molecule has 1 aromatic rings. The van der Waals surface area contributed by atoms with E-state index in [1.165, 1.54) is 24.3 Å². The van der Waals surface area contributed by atoms with Crippen molar-refractivity contribution in [3.63, 3.8) is 0 Å². The molecule has 0 radical (unpaired) electrons. The highest BCUT2D eigenvalue weighted by atomic mass is 19.4. The number of rotatable bonds is 4. The van der Waals surface area contributed by atoms with E-state index in [1.54, 1.807) is 19.0 Å². The van der Waals surface area contributed by atoms with E-state index in [9.17, 15) is 18.0 Å². The molecule has 0 amide bonds. The largest absolute Gasteiger partial charge is 0.478 e. The second-order valence-corrected chi connectivity index (χ2v) is 4.22. The van der Waals surface area contributed by atoms with Crippen LogP contribution in [0.1, 0.15) is 11.1 Å². The quantitative estimate of drug-likeness (QED) is 0.682. The summed E-state index contributed by atoms with van der Waals surface area (Å²) in [5.41, 5.74) is 0.0958. The highest BCUT2D eigenvalue weighted by Gasteiger charge is 2.30. The third kappa shape index (κ3) is 4.46. The predicted molar refractivity (Wildman–Crippen MR) is 69.9 cm³/mol. The fraction of sp³-hybridized carbons (Fsp3) is 0.214. The number of aliphatic carboxylic acids is 1. The number of carboxylic acid groups (broad SMARTS) is 1. The SMILES string of the molecule is CN(C)C(=CC=CC(=O)O)c1cccc(C(F)(F)F)c1. The van der Waals surface area contributed by atoms with Gasteiger partial charge in [-0.25, -0.2) is 4.79 Å². The molecule has 0 aromatic heterocycles. The van der Waals surface area contributed by atoms with Gasteiger partial charge in [-0.05, 0) is 23.8 Å². The summed E-state index contributed by atoms with van der Waals surface area (Å²) in [5, 5.41) is 8.51. The first kappa shape index (κ1) is 15.8. The molecular formula is C14H14F3NO2. The molecule has 0 spiro atoms. The van der Waals surface area contributed by atoms with Gasteiger partial charge in [-0.3, -0.25) is 0 Å². The van der Waals surface area contributed by atoms with E-state index in [4.69, 9.17) is 5.11 Å². The van der Waals surface area contributed by atoms with Crippen LogP contribution in [0.25, 0.3) is 5.70 Å². The van der Waals surface area contributed by atoms with Crippen molar-refractivity contribution >= 4 is 11.7 Å². The van der Waals surface area contributed by atoms with Gasteiger partial charge in [0.05, 0.1) is 5.56 Å². The van der Waals surface area contributed by atoms with Crippen molar-refractivity contribution in [2.24, 2.45) is 0 Å². The number of benzene rings is 1. The molecule has 0 saturated heterocycles. The molecule has 0 aliphatic carbocycles. The lowest BCUT2D eigenvalue weighted by Crippen LogP contribution is -2.11. The maximum Gasteiger partial charge on any atom is 0.416 e. The van der Waals surface area contributed by atoms with Crippen molar-refractivity contribution in [2.75, 3.05) is 14.1 Å². The number of carboxylic acids is 1. The van der Waals surface area contributed by atoms with Crippen LogP contribution in [0.3, 0.4) is 0 Å². The minimum atomic E-state index is -4.41. The lowest BCUT2D eigenvalue weighted by molar-refractivity contribution is -0.137. The van der Waals surface area contributed by atoms with Crippen molar-refractivity contribution in [1.29, 1.82) is 0 Å². The van der Waals surface area contributed by atoms with Crippen LogP contribution < -0.4 is 0 Å². The number of hydrogen-bond acceptors (Lipinski definition) is 2. The van der Waals surface area contributed by atoms with Gasteiger partial charge in [0.25, 0.3) is 0 Å². The molecule has 1 N–H and O–H groups in total. The Hall–Kier alpha value is -2.24. The number of carbonyl (C=O) groups is 1. The predicted octanol–water partition coefficient (Wildman–Crippen LogP) is 3.25. The smallest absolute Gasteiger partial charge is 0.416 e. The van der Waals surface area contributed by atoms with E-state index in [0.29, 0.717) is 11.3 Å². The Kier molecular flexibility index (Phi) is 4.96. The van der Waals surface area contributed by atoms with E-state index in [1.807, 2.05) is 0 Å². The Morgan fingerprint density at radius 2 is 1.95 bits per heavy atom. The fourth-order valence-corrected chi connectivity index (χ4v) is 1.58. The van der Waals surface area contributed by atoms with E-state index in [0.717, 1.165) is 18.2 Å². The van der Waals surface area contributed by atoms with Gasteiger partial charge in [0, 0.05) is 25.9 Å². The molecule has 0 unspecified atom stereocenters. The zero-order valence-electron chi connectivity index (χ0n) is 11.0. The van der Waals surface area contributed by atoms with Crippen LogP contribution in [0, 0.1) is 0 Å². The summed E-state index contributed by atoms with van der Waals surface area (Å²) in [6.07, 6.45) is -0.775. The second kappa shape index (κ2) is 6.27. The van der Waals surface area contributed by atoms with Gasteiger partial charge in [-0.2, -0.15) is 13.2 Å². The Balaban J connectivity index is 3.20. The van der Waals surface area contributed by atoms with E-state index >= 15 is 0 Å². The summed E-state index contributed by atoms with van der Waals surface area (Å²) < 4.78 is 38.0. The van der Waals surface area contributed by atoms with Crippen LogP contribution in [0.5, 0.6) is 0 Å². The first-order valence-corrected chi connectivity index (χ1v) is 5.68. The van der Waals surface area contributed by atoms with Gasteiger partial charge in [-0.1, -0.05) is 18.2 Å². The lowest BCUT2D eigenvalue weighted by atomic mass is 10.1. The maximum absolute atomic E-state index is 12.7. The summed E-state index contributed by atoms with van der Waals surface area (Å²) in [4.78, 5) is 12.0. The molecular weight excluding hydrogens is 271 g/mol. The van der Waals surface area contributed by atoms with Crippen molar-refractivity contribution in [3.8, 4) is 0 Å². The lowest BCUT2D eigenvalue weighted by Gasteiger charge is -2.18. The third-order valence-corrected chi connectivity index (χ3v) is 2.46. The molecule has 108 valence electrons. The average Bonchev–Trinajstić information content (AvgIpc) is 2.33. The van der Waals surface area contributed by atoms with E-state index < -0.39 is 17.7 Å². The van der Waals surface area contributed by atoms with Crippen LogP contribution in [-0.2, 0) is 11.0 Å². The van der Waals surface area contributed by atoms with Gasteiger partial charge in [0.1, 0.15) is 0 Å². The minimum absolute atomic E-state index is 0.361. The summed E-state index contributed by atoms with van der Waals surface area (Å²) in [5.74, 6) is -1.12. The molecule has 0 bridgehead atoms. The monoisotopic (exact) mass is 285 g/mol. The third-order valence-electron chi connectivity index (χ3n) is 2.46. The maximum atomic E-state index is 12.7. The molecule has 20 heavy (non-hydrogen) atoms. The number of nitrogens with zero attached hydrogens (tertiary/aromatic N) is 1. The van der Waals surface area contributed by atoms with Crippen LogP contribution in [0.15, 0.2) is 42.5 Å². The first-order chi connectivity index (χ1) is 9.21. The number of halogens is 3. The highest BCUT2D eigenvalue weighted by molar-refractivity contribution is 5.80. The Labute approximate surface area is 114 Å².